The summed E-state index contributed by atoms with van der Waals surface area (Å²) in [7, 11) is 0. The van der Waals surface area contributed by atoms with Gasteiger partial charge in [0.15, 0.2) is 11.1 Å². The first-order valence-electron chi connectivity index (χ1n) is 4.30. The van der Waals surface area contributed by atoms with Gasteiger partial charge in [-0.25, -0.2) is 4.21 Å². The molecule has 0 rings (SSSR count). The van der Waals surface area contributed by atoms with Gasteiger partial charge < -0.3 is 4.74 Å². The van der Waals surface area contributed by atoms with Crippen molar-refractivity contribution in [1.29, 1.82) is 0 Å². The summed E-state index contributed by atoms with van der Waals surface area (Å²) >= 11 is -1.38. The third kappa shape index (κ3) is 5.76. The van der Waals surface area contributed by atoms with Crippen LogP contribution in [0.25, 0.3) is 0 Å². The van der Waals surface area contributed by atoms with Crippen LogP contribution in [0.4, 0.5) is 0 Å². The van der Waals surface area contributed by atoms with E-state index in [1.54, 1.807) is 20.8 Å². The smallest absolute Gasteiger partial charge is 0.309 e. The Morgan fingerprint density at radius 1 is 1.38 bits per heavy atom. The van der Waals surface area contributed by atoms with E-state index in [0.717, 1.165) is 0 Å². The molecule has 0 aliphatic heterocycles. The maximum atomic E-state index is 11.1. The molecule has 0 aromatic rings. The Hall–Kier alpha value is -0.420. The summed E-state index contributed by atoms with van der Waals surface area (Å²) in [6, 6.07) is 0. The van der Waals surface area contributed by atoms with Crippen molar-refractivity contribution < 1.29 is 17.9 Å². The Bertz CT molecular complexity index is 181. The topological polar surface area (TPSA) is 52.6 Å². The molecule has 0 fully saturated rings. The number of hydrogen-bond donors (Lipinski definition) is 0. The molecule has 5 heteroatoms. The molecule has 78 valence electrons. The van der Waals surface area contributed by atoms with Crippen molar-refractivity contribution in [1.82, 2.24) is 0 Å². The highest BCUT2D eigenvalue weighted by molar-refractivity contribution is 7.80. The van der Waals surface area contributed by atoms with Crippen molar-refractivity contribution in [3.8, 4) is 0 Å². The number of rotatable bonds is 6. The molecule has 2 atom stereocenters. The fourth-order valence-corrected chi connectivity index (χ4v) is 1.64. The predicted octanol–water partition coefficient (Wildman–Crippen LogP) is 0.886. The number of carbonyl (C=O) groups is 1. The third-order valence-corrected chi connectivity index (χ3v) is 2.60. The molecule has 0 radical (unpaired) electrons. The highest BCUT2D eigenvalue weighted by atomic mass is 32.2. The van der Waals surface area contributed by atoms with Crippen LogP contribution in [0, 0.1) is 5.92 Å². The molecule has 0 aliphatic carbocycles. The normalized spacial score (nSPS) is 15.0. The molecule has 0 saturated carbocycles. The highest BCUT2D eigenvalue weighted by Crippen LogP contribution is 2.02. The Labute approximate surface area is 81.3 Å². The summed E-state index contributed by atoms with van der Waals surface area (Å²) in [4.78, 5) is 11.1. The summed E-state index contributed by atoms with van der Waals surface area (Å²) in [5.74, 6) is -0.491. The van der Waals surface area contributed by atoms with Crippen molar-refractivity contribution in [2.75, 3.05) is 19.0 Å². The summed E-state index contributed by atoms with van der Waals surface area (Å²) in [6.07, 6.45) is 0. The molecule has 0 aromatic heterocycles. The predicted molar refractivity (Wildman–Crippen MR) is 50.4 cm³/mol. The first-order chi connectivity index (χ1) is 6.11. The lowest BCUT2D eigenvalue weighted by molar-refractivity contribution is -0.146. The molecule has 0 unspecified atom stereocenters. The second-order valence-electron chi connectivity index (χ2n) is 2.53. The van der Waals surface area contributed by atoms with Crippen LogP contribution in [0.5, 0.6) is 0 Å². The van der Waals surface area contributed by atoms with Crippen LogP contribution in [0.3, 0.4) is 0 Å². The van der Waals surface area contributed by atoms with Crippen LogP contribution in [-0.4, -0.2) is 29.1 Å². The molecule has 0 spiro atoms. The summed E-state index contributed by atoms with van der Waals surface area (Å²) < 4.78 is 20.6. The highest BCUT2D eigenvalue weighted by Gasteiger charge is 2.17. The number of carbonyl (C=O) groups excluding carboxylic acids is 1. The Kier molecular flexibility index (Phi) is 6.80. The average Bonchev–Trinajstić information content (AvgIpc) is 2.05. The molecular weight excluding hydrogens is 192 g/mol. The van der Waals surface area contributed by atoms with E-state index in [2.05, 4.69) is 0 Å². The van der Waals surface area contributed by atoms with Gasteiger partial charge in [-0.2, -0.15) is 0 Å². The first-order valence-corrected chi connectivity index (χ1v) is 5.54. The van der Waals surface area contributed by atoms with Crippen LogP contribution >= 0.6 is 0 Å². The van der Waals surface area contributed by atoms with Crippen LogP contribution < -0.4 is 0 Å². The minimum absolute atomic E-state index is 0.201. The fourth-order valence-electron chi connectivity index (χ4n) is 0.736. The van der Waals surface area contributed by atoms with Gasteiger partial charge in [0, 0.05) is 0 Å². The number of hydrogen-bond acceptors (Lipinski definition) is 4. The van der Waals surface area contributed by atoms with Gasteiger partial charge in [-0.15, -0.1) is 0 Å². The van der Waals surface area contributed by atoms with Gasteiger partial charge >= 0.3 is 5.97 Å². The zero-order valence-electron chi connectivity index (χ0n) is 8.24. The van der Waals surface area contributed by atoms with Crippen LogP contribution in [0.15, 0.2) is 0 Å². The molecule has 0 N–H and O–H groups in total. The second-order valence-corrected chi connectivity index (χ2v) is 3.71. The van der Waals surface area contributed by atoms with Crippen LogP contribution in [0.2, 0.25) is 0 Å². The van der Waals surface area contributed by atoms with Gasteiger partial charge in [-0.1, -0.05) is 6.92 Å². The molecule has 13 heavy (non-hydrogen) atoms. The minimum Gasteiger partial charge on any atom is -0.466 e. The van der Waals surface area contributed by atoms with E-state index in [9.17, 15) is 9.00 Å². The zero-order chi connectivity index (χ0) is 10.3. The van der Waals surface area contributed by atoms with Gasteiger partial charge in [0.1, 0.15) is 0 Å². The van der Waals surface area contributed by atoms with Crippen molar-refractivity contribution >= 4 is 17.0 Å². The maximum absolute atomic E-state index is 11.1. The van der Waals surface area contributed by atoms with Gasteiger partial charge in [0.2, 0.25) is 0 Å². The number of esters is 1. The van der Waals surface area contributed by atoms with Crippen molar-refractivity contribution in [2.45, 2.75) is 20.8 Å². The molecule has 0 aromatic carbocycles. The zero-order valence-corrected chi connectivity index (χ0v) is 9.06. The van der Waals surface area contributed by atoms with Gasteiger partial charge in [0.05, 0.1) is 24.9 Å². The van der Waals surface area contributed by atoms with Crippen molar-refractivity contribution in [3.05, 3.63) is 0 Å². The molecule has 4 nitrogen and oxygen atoms in total. The Balaban J connectivity index is 3.78. The lowest BCUT2D eigenvalue weighted by Crippen LogP contribution is -2.21. The molecular formula is C8H16O4S. The van der Waals surface area contributed by atoms with Crippen molar-refractivity contribution in [3.63, 3.8) is 0 Å². The quantitative estimate of drug-likeness (QED) is 0.608. The Morgan fingerprint density at radius 2 is 2.00 bits per heavy atom. The molecule has 0 heterocycles. The average molecular weight is 208 g/mol. The molecule has 0 aliphatic rings. The fraction of sp³-hybridized carbons (Fsp3) is 0.875. The van der Waals surface area contributed by atoms with E-state index in [0.29, 0.717) is 13.2 Å². The first kappa shape index (κ1) is 12.6. The molecule has 0 saturated heterocycles. The second kappa shape index (κ2) is 7.03. The van der Waals surface area contributed by atoms with E-state index in [4.69, 9.17) is 8.92 Å². The van der Waals surface area contributed by atoms with Gasteiger partial charge in [-0.3, -0.25) is 8.98 Å². The van der Waals surface area contributed by atoms with E-state index in [-0.39, 0.29) is 17.6 Å². The van der Waals surface area contributed by atoms with Crippen molar-refractivity contribution in [2.24, 2.45) is 5.92 Å². The SMILES string of the molecule is CCOC(=O)[C@H](C)C[S@@](=O)OCC. The van der Waals surface area contributed by atoms with E-state index in [1.807, 2.05) is 0 Å². The molecule has 0 bridgehead atoms. The monoisotopic (exact) mass is 208 g/mol. The largest absolute Gasteiger partial charge is 0.466 e. The number of ether oxygens (including phenoxy) is 1. The lowest BCUT2D eigenvalue weighted by Gasteiger charge is -2.08. The third-order valence-electron chi connectivity index (χ3n) is 1.32. The summed E-state index contributed by atoms with van der Waals surface area (Å²) in [5.41, 5.74) is 0. The van der Waals surface area contributed by atoms with Crippen LogP contribution in [0.1, 0.15) is 20.8 Å². The maximum Gasteiger partial charge on any atom is 0.309 e. The summed E-state index contributed by atoms with van der Waals surface area (Å²) in [6.45, 7) is 5.92. The minimum atomic E-state index is -1.38. The van der Waals surface area contributed by atoms with Gasteiger partial charge in [-0.05, 0) is 13.8 Å². The van der Waals surface area contributed by atoms with Crippen LogP contribution in [-0.2, 0) is 24.8 Å². The Morgan fingerprint density at radius 3 is 2.46 bits per heavy atom. The van der Waals surface area contributed by atoms with E-state index in [1.165, 1.54) is 0 Å². The standard InChI is InChI=1S/C8H16O4S/c1-4-11-8(9)7(3)6-13(10)12-5-2/h7H,4-6H2,1-3H3/t7-,13+/m1/s1. The van der Waals surface area contributed by atoms with Gasteiger partial charge in [0.25, 0.3) is 0 Å². The lowest BCUT2D eigenvalue weighted by atomic mass is 10.2. The summed E-state index contributed by atoms with van der Waals surface area (Å²) in [5, 5.41) is 0. The van der Waals surface area contributed by atoms with E-state index < -0.39 is 11.1 Å². The molecule has 0 amide bonds. The van der Waals surface area contributed by atoms with E-state index >= 15 is 0 Å².